The van der Waals surface area contributed by atoms with E-state index in [9.17, 15) is 0 Å². The summed E-state index contributed by atoms with van der Waals surface area (Å²) >= 11 is 0. The molecular weight excluding hydrogens is 278 g/mol. The third-order valence-corrected chi connectivity index (χ3v) is 3.58. The van der Waals surface area contributed by atoms with Gasteiger partial charge in [-0.05, 0) is 31.0 Å². The molecule has 0 saturated heterocycles. The second kappa shape index (κ2) is 6.43. The second-order valence-corrected chi connectivity index (χ2v) is 4.95. The van der Waals surface area contributed by atoms with Gasteiger partial charge in [0.05, 0.1) is 13.4 Å². The van der Waals surface area contributed by atoms with E-state index in [1.807, 2.05) is 22.8 Å². The number of nitrogens with one attached hydrogen (secondary N) is 1. The van der Waals surface area contributed by atoms with Crippen molar-refractivity contribution < 1.29 is 4.74 Å². The van der Waals surface area contributed by atoms with Crippen molar-refractivity contribution in [1.82, 2.24) is 19.5 Å². The van der Waals surface area contributed by atoms with Gasteiger partial charge in [0.1, 0.15) is 17.6 Å². The van der Waals surface area contributed by atoms with Gasteiger partial charge in [-0.2, -0.15) is 0 Å². The first-order valence-corrected chi connectivity index (χ1v) is 7.34. The molecule has 0 saturated carbocycles. The van der Waals surface area contributed by atoms with Crippen LogP contribution in [0.2, 0.25) is 0 Å². The molecule has 6 heteroatoms. The Morgan fingerprint density at radius 3 is 2.95 bits per heavy atom. The fraction of sp³-hybridized carbons (Fsp3) is 0.312. The zero-order valence-electron chi connectivity index (χ0n) is 12.8. The molecule has 3 rings (SSSR count). The van der Waals surface area contributed by atoms with E-state index in [1.165, 1.54) is 5.56 Å². The van der Waals surface area contributed by atoms with Gasteiger partial charge in [0.25, 0.3) is 0 Å². The molecule has 1 N–H and O–H groups in total. The number of aromatic nitrogens is 4. The summed E-state index contributed by atoms with van der Waals surface area (Å²) in [6.45, 7) is 3.69. The smallest absolute Gasteiger partial charge is 0.165 e. The van der Waals surface area contributed by atoms with Gasteiger partial charge in [-0.3, -0.25) is 0 Å². The predicted molar refractivity (Wildman–Crippen MR) is 86.2 cm³/mol. The number of imidazole rings is 1. The molecule has 6 nitrogen and oxygen atoms in total. The van der Waals surface area contributed by atoms with Crippen LogP contribution >= 0.6 is 0 Å². The molecule has 0 unspecified atom stereocenters. The van der Waals surface area contributed by atoms with Crippen LogP contribution in [0.25, 0.3) is 11.2 Å². The van der Waals surface area contributed by atoms with Gasteiger partial charge in [0, 0.05) is 13.1 Å². The minimum absolute atomic E-state index is 0.776. The van der Waals surface area contributed by atoms with Gasteiger partial charge in [-0.1, -0.05) is 12.1 Å². The Labute approximate surface area is 129 Å². The van der Waals surface area contributed by atoms with Gasteiger partial charge in [0.2, 0.25) is 0 Å². The largest absolute Gasteiger partial charge is 0.497 e. The lowest BCUT2D eigenvalue weighted by Crippen LogP contribution is -2.07. The van der Waals surface area contributed by atoms with E-state index in [4.69, 9.17) is 4.74 Å². The molecule has 3 aromatic rings. The summed E-state index contributed by atoms with van der Waals surface area (Å²) in [5.74, 6) is 1.66. The summed E-state index contributed by atoms with van der Waals surface area (Å²) in [4.78, 5) is 13.0. The van der Waals surface area contributed by atoms with E-state index in [0.717, 1.165) is 42.2 Å². The molecule has 0 bridgehead atoms. The first-order chi connectivity index (χ1) is 10.8. The molecule has 0 spiro atoms. The van der Waals surface area contributed by atoms with E-state index in [0.29, 0.717) is 0 Å². The minimum Gasteiger partial charge on any atom is -0.497 e. The van der Waals surface area contributed by atoms with Crippen LogP contribution in [0.5, 0.6) is 5.75 Å². The third-order valence-electron chi connectivity index (χ3n) is 3.58. The van der Waals surface area contributed by atoms with Crippen LogP contribution in [0.15, 0.2) is 36.9 Å². The molecular formula is C16H19N5O. The zero-order chi connectivity index (χ0) is 15.4. The molecule has 0 atom stereocenters. The quantitative estimate of drug-likeness (QED) is 0.757. The van der Waals surface area contributed by atoms with Crippen LogP contribution in [0.1, 0.15) is 12.5 Å². The molecule has 0 radical (unpaired) electrons. The number of benzene rings is 1. The lowest BCUT2D eigenvalue weighted by Gasteiger charge is -2.07. The van der Waals surface area contributed by atoms with E-state index in [1.54, 1.807) is 19.8 Å². The molecule has 2 aromatic heterocycles. The number of aryl methyl sites for hydroxylation is 1. The molecule has 0 fully saturated rings. The molecule has 0 aliphatic carbocycles. The highest BCUT2D eigenvalue weighted by Gasteiger charge is 2.08. The number of ether oxygens (including phenoxy) is 1. The molecule has 0 aliphatic rings. The average molecular weight is 297 g/mol. The normalized spacial score (nSPS) is 10.8. The highest BCUT2D eigenvalue weighted by atomic mass is 16.5. The number of fused-ring (bicyclic) bond motifs is 1. The molecule has 2 heterocycles. The zero-order valence-corrected chi connectivity index (χ0v) is 12.8. The lowest BCUT2D eigenvalue weighted by molar-refractivity contribution is 0.414. The fourth-order valence-corrected chi connectivity index (χ4v) is 2.39. The van der Waals surface area contributed by atoms with Crippen molar-refractivity contribution in [3.63, 3.8) is 0 Å². The Morgan fingerprint density at radius 2 is 2.14 bits per heavy atom. The predicted octanol–water partition coefficient (Wildman–Crippen LogP) is 2.51. The average Bonchev–Trinajstić information content (AvgIpc) is 2.99. The number of anilines is 1. The Bertz CT molecular complexity index is 768. The van der Waals surface area contributed by atoms with Crippen LogP contribution in [-0.2, 0) is 13.0 Å². The van der Waals surface area contributed by atoms with Crippen LogP contribution in [-0.4, -0.2) is 33.2 Å². The van der Waals surface area contributed by atoms with Crippen LogP contribution in [0.3, 0.4) is 0 Å². The number of hydrogen-bond acceptors (Lipinski definition) is 5. The second-order valence-electron chi connectivity index (χ2n) is 4.95. The maximum atomic E-state index is 5.24. The Balaban J connectivity index is 1.70. The van der Waals surface area contributed by atoms with Gasteiger partial charge in [-0.25, -0.2) is 15.0 Å². The van der Waals surface area contributed by atoms with Crippen molar-refractivity contribution in [2.45, 2.75) is 19.9 Å². The molecule has 22 heavy (non-hydrogen) atoms. The third kappa shape index (κ3) is 2.86. The minimum atomic E-state index is 0.776. The SMILES string of the molecule is CCn1cnc2c(NCCc3cccc(OC)c3)ncnc21. The van der Waals surface area contributed by atoms with E-state index in [2.05, 4.69) is 33.3 Å². The van der Waals surface area contributed by atoms with Gasteiger partial charge in [-0.15, -0.1) is 0 Å². The summed E-state index contributed by atoms with van der Waals surface area (Å²) in [5.41, 5.74) is 2.90. The van der Waals surface area contributed by atoms with Crippen LogP contribution in [0.4, 0.5) is 5.82 Å². The van der Waals surface area contributed by atoms with Crippen molar-refractivity contribution in [2.75, 3.05) is 19.0 Å². The number of nitrogens with zero attached hydrogens (tertiary/aromatic N) is 4. The van der Waals surface area contributed by atoms with E-state index in [-0.39, 0.29) is 0 Å². The lowest BCUT2D eigenvalue weighted by atomic mass is 10.1. The van der Waals surface area contributed by atoms with Gasteiger partial charge < -0.3 is 14.6 Å². The highest BCUT2D eigenvalue weighted by Crippen LogP contribution is 2.17. The Kier molecular flexibility index (Phi) is 4.18. The Morgan fingerprint density at radius 1 is 1.23 bits per heavy atom. The molecule has 114 valence electrons. The summed E-state index contributed by atoms with van der Waals surface area (Å²) in [6.07, 6.45) is 4.26. The summed E-state index contributed by atoms with van der Waals surface area (Å²) in [6, 6.07) is 8.08. The standard InChI is InChI=1S/C16H19N5O/c1-3-21-11-20-14-15(18-10-19-16(14)21)17-8-7-12-5-4-6-13(9-12)22-2/h4-6,9-11H,3,7-8H2,1-2H3,(H,17,18,19). The number of hydrogen-bond donors (Lipinski definition) is 1. The van der Waals surface area contributed by atoms with Crippen molar-refractivity contribution in [1.29, 1.82) is 0 Å². The first kappa shape index (κ1) is 14.3. The van der Waals surface area contributed by atoms with E-state index < -0.39 is 0 Å². The highest BCUT2D eigenvalue weighted by molar-refractivity contribution is 5.82. The summed E-state index contributed by atoms with van der Waals surface area (Å²) < 4.78 is 7.24. The molecule has 0 amide bonds. The molecule has 1 aromatic carbocycles. The van der Waals surface area contributed by atoms with E-state index >= 15 is 0 Å². The maximum absolute atomic E-state index is 5.24. The number of rotatable bonds is 6. The monoisotopic (exact) mass is 297 g/mol. The first-order valence-electron chi connectivity index (χ1n) is 7.34. The van der Waals surface area contributed by atoms with Gasteiger partial charge >= 0.3 is 0 Å². The topological polar surface area (TPSA) is 64.9 Å². The summed E-state index contributed by atoms with van der Waals surface area (Å²) in [7, 11) is 1.68. The van der Waals surface area contributed by atoms with Crippen molar-refractivity contribution in [3.8, 4) is 5.75 Å². The van der Waals surface area contributed by atoms with Crippen molar-refractivity contribution >= 4 is 17.0 Å². The van der Waals surface area contributed by atoms with Crippen molar-refractivity contribution in [3.05, 3.63) is 42.5 Å². The Hall–Kier alpha value is -2.63. The van der Waals surface area contributed by atoms with Crippen LogP contribution < -0.4 is 10.1 Å². The molecule has 0 aliphatic heterocycles. The van der Waals surface area contributed by atoms with Crippen molar-refractivity contribution in [2.24, 2.45) is 0 Å². The van der Waals surface area contributed by atoms with Crippen LogP contribution in [0, 0.1) is 0 Å². The fourth-order valence-electron chi connectivity index (χ4n) is 2.39. The van der Waals surface area contributed by atoms with Gasteiger partial charge in [0.15, 0.2) is 11.5 Å². The maximum Gasteiger partial charge on any atom is 0.165 e. The summed E-state index contributed by atoms with van der Waals surface area (Å²) in [5, 5.41) is 3.34. The number of methoxy groups -OCH3 is 1.